The normalized spacial score (nSPS) is 13.2. The van der Waals surface area contributed by atoms with Crippen LogP contribution in [0.1, 0.15) is 5.56 Å². The molecule has 0 aliphatic heterocycles. The molecular formula is C17H18O2S. The Morgan fingerprint density at radius 1 is 1.10 bits per heavy atom. The highest BCUT2D eigenvalue weighted by atomic mass is 32.2. The zero-order chi connectivity index (χ0) is 14.2. The fourth-order valence-electron chi connectivity index (χ4n) is 1.94. The minimum atomic E-state index is -0.146. The van der Waals surface area contributed by atoms with E-state index < -0.39 is 0 Å². The first-order valence-electron chi connectivity index (χ1n) is 6.46. The van der Waals surface area contributed by atoms with Crippen molar-refractivity contribution in [2.75, 3.05) is 13.7 Å². The fourth-order valence-corrected chi connectivity index (χ4v) is 2.96. The van der Waals surface area contributed by atoms with Crippen molar-refractivity contribution in [3.8, 4) is 0 Å². The van der Waals surface area contributed by atoms with Gasteiger partial charge in [0.15, 0.2) is 0 Å². The molecule has 0 radical (unpaired) electrons. The average molecular weight is 286 g/mol. The number of benzene rings is 2. The van der Waals surface area contributed by atoms with Crippen LogP contribution in [0.3, 0.4) is 0 Å². The lowest BCUT2D eigenvalue weighted by Gasteiger charge is -2.19. The minimum absolute atomic E-state index is 0.000558. The third kappa shape index (κ3) is 3.97. The third-order valence-electron chi connectivity index (χ3n) is 2.87. The van der Waals surface area contributed by atoms with Crippen LogP contribution in [0.2, 0.25) is 0 Å². The molecule has 0 aliphatic carbocycles. The van der Waals surface area contributed by atoms with Gasteiger partial charge in [-0.1, -0.05) is 66.4 Å². The monoisotopic (exact) mass is 286 g/mol. The lowest BCUT2D eigenvalue weighted by Crippen LogP contribution is -2.09. The van der Waals surface area contributed by atoms with Crippen LogP contribution in [-0.2, 0) is 4.74 Å². The van der Waals surface area contributed by atoms with Crippen LogP contribution in [-0.4, -0.2) is 24.3 Å². The summed E-state index contributed by atoms with van der Waals surface area (Å²) in [6.45, 7) is -0.000558. The number of hydrogen-bond acceptors (Lipinski definition) is 3. The Hall–Kier alpha value is -1.55. The van der Waals surface area contributed by atoms with Crippen LogP contribution in [0.4, 0.5) is 0 Å². The molecule has 0 fully saturated rings. The summed E-state index contributed by atoms with van der Waals surface area (Å²) in [4.78, 5) is 1.14. The molecular weight excluding hydrogens is 268 g/mol. The summed E-state index contributed by atoms with van der Waals surface area (Å²) >= 11 is 1.63. The summed E-state index contributed by atoms with van der Waals surface area (Å²) in [6.07, 6.45) is 1.80. The topological polar surface area (TPSA) is 29.5 Å². The lowest BCUT2D eigenvalue weighted by atomic mass is 10.1. The smallest absolute Gasteiger partial charge is 0.132 e. The summed E-state index contributed by atoms with van der Waals surface area (Å²) in [5.74, 6) is 0. The Labute approximate surface area is 124 Å². The van der Waals surface area contributed by atoms with Gasteiger partial charge in [0.1, 0.15) is 5.44 Å². The standard InChI is InChI=1S/C17H18O2S/c1-19-17(20-15-10-6-3-7-11-15)16(12-13-18)14-8-4-2-5-9-14/h2-12,17-18H,13H2,1H3/b16-12-. The van der Waals surface area contributed by atoms with Gasteiger partial charge in [0.2, 0.25) is 0 Å². The molecule has 0 heterocycles. The molecule has 2 aromatic rings. The van der Waals surface area contributed by atoms with Gasteiger partial charge in [-0.25, -0.2) is 0 Å². The Morgan fingerprint density at radius 2 is 1.70 bits per heavy atom. The van der Waals surface area contributed by atoms with E-state index in [9.17, 15) is 5.11 Å². The molecule has 1 unspecified atom stereocenters. The molecule has 2 rings (SSSR count). The molecule has 0 spiro atoms. The van der Waals surface area contributed by atoms with E-state index in [1.165, 1.54) is 0 Å². The molecule has 1 atom stereocenters. The van der Waals surface area contributed by atoms with Crippen LogP contribution < -0.4 is 0 Å². The molecule has 2 nitrogen and oxygen atoms in total. The van der Waals surface area contributed by atoms with Crippen molar-refractivity contribution in [2.24, 2.45) is 0 Å². The second-order valence-corrected chi connectivity index (χ2v) is 5.34. The van der Waals surface area contributed by atoms with E-state index >= 15 is 0 Å². The molecule has 3 heteroatoms. The number of aliphatic hydroxyl groups is 1. The fraction of sp³-hybridized carbons (Fsp3) is 0.176. The Bertz CT molecular complexity index is 537. The quantitative estimate of drug-likeness (QED) is 0.646. The van der Waals surface area contributed by atoms with Gasteiger partial charge in [-0.3, -0.25) is 0 Å². The molecule has 0 saturated carbocycles. The molecule has 0 aliphatic rings. The van der Waals surface area contributed by atoms with Crippen molar-refractivity contribution in [1.82, 2.24) is 0 Å². The Morgan fingerprint density at radius 3 is 2.25 bits per heavy atom. The number of hydrogen-bond donors (Lipinski definition) is 1. The maximum Gasteiger partial charge on any atom is 0.132 e. The molecule has 0 bridgehead atoms. The molecule has 1 N–H and O–H groups in total. The molecule has 2 aromatic carbocycles. The highest BCUT2D eigenvalue weighted by molar-refractivity contribution is 8.00. The zero-order valence-electron chi connectivity index (χ0n) is 11.4. The third-order valence-corrected chi connectivity index (χ3v) is 4.08. The molecule has 104 valence electrons. The summed E-state index contributed by atoms with van der Waals surface area (Å²) < 4.78 is 5.61. The number of ether oxygens (including phenoxy) is 1. The highest BCUT2D eigenvalue weighted by Crippen LogP contribution is 2.33. The molecule has 0 saturated heterocycles. The summed E-state index contributed by atoms with van der Waals surface area (Å²) in [6, 6.07) is 20.1. The van der Waals surface area contributed by atoms with E-state index in [0.29, 0.717) is 0 Å². The predicted octanol–water partition coefficient (Wildman–Crippen LogP) is 3.83. The van der Waals surface area contributed by atoms with Crippen molar-refractivity contribution in [1.29, 1.82) is 0 Å². The van der Waals surface area contributed by atoms with Gasteiger partial charge in [0.05, 0.1) is 6.61 Å². The van der Waals surface area contributed by atoms with E-state index in [1.54, 1.807) is 24.9 Å². The van der Waals surface area contributed by atoms with E-state index in [1.807, 2.05) is 48.5 Å². The maximum absolute atomic E-state index is 9.27. The van der Waals surface area contributed by atoms with Crippen LogP contribution in [0.25, 0.3) is 5.57 Å². The second-order valence-electron chi connectivity index (χ2n) is 4.21. The van der Waals surface area contributed by atoms with Crippen LogP contribution in [0.15, 0.2) is 71.6 Å². The van der Waals surface area contributed by atoms with Gasteiger partial charge >= 0.3 is 0 Å². The van der Waals surface area contributed by atoms with Gasteiger partial charge in [-0.2, -0.15) is 0 Å². The lowest BCUT2D eigenvalue weighted by molar-refractivity contribution is 0.213. The first kappa shape index (κ1) is 14.9. The van der Waals surface area contributed by atoms with E-state index in [4.69, 9.17) is 4.74 Å². The zero-order valence-corrected chi connectivity index (χ0v) is 12.2. The SMILES string of the molecule is COC(Sc1ccccc1)/C(=C\CO)c1ccccc1. The molecule has 20 heavy (non-hydrogen) atoms. The first-order valence-corrected chi connectivity index (χ1v) is 7.34. The summed E-state index contributed by atoms with van der Waals surface area (Å²) in [5, 5.41) is 9.27. The van der Waals surface area contributed by atoms with Gasteiger partial charge in [-0.15, -0.1) is 0 Å². The Balaban J connectivity index is 2.25. The first-order chi connectivity index (χ1) is 9.85. The summed E-state index contributed by atoms with van der Waals surface area (Å²) in [7, 11) is 1.69. The van der Waals surface area contributed by atoms with E-state index in [0.717, 1.165) is 16.0 Å². The van der Waals surface area contributed by atoms with Crippen LogP contribution >= 0.6 is 11.8 Å². The highest BCUT2D eigenvalue weighted by Gasteiger charge is 2.16. The average Bonchev–Trinajstić information content (AvgIpc) is 2.52. The van der Waals surface area contributed by atoms with Gasteiger partial charge < -0.3 is 9.84 Å². The summed E-state index contributed by atoms with van der Waals surface area (Å²) in [5.41, 5.74) is 1.91. The van der Waals surface area contributed by atoms with Crippen molar-refractivity contribution in [3.63, 3.8) is 0 Å². The van der Waals surface area contributed by atoms with E-state index in [-0.39, 0.29) is 12.0 Å². The number of methoxy groups -OCH3 is 1. The van der Waals surface area contributed by atoms with Gasteiger partial charge in [0.25, 0.3) is 0 Å². The molecule has 0 aromatic heterocycles. The van der Waals surface area contributed by atoms with Crippen molar-refractivity contribution >= 4 is 17.3 Å². The second kappa shape index (κ2) is 7.90. The van der Waals surface area contributed by atoms with Crippen molar-refractivity contribution < 1.29 is 9.84 Å². The molecule has 0 amide bonds. The van der Waals surface area contributed by atoms with Gasteiger partial charge in [0, 0.05) is 12.0 Å². The van der Waals surface area contributed by atoms with Crippen molar-refractivity contribution in [2.45, 2.75) is 10.3 Å². The largest absolute Gasteiger partial charge is 0.392 e. The minimum Gasteiger partial charge on any atom is -0.392 e. The predicted molar refractivity (Wildman–Crippen MR) is 84.6 cm³/mol. The number of rotatable bonds is 6. The van der Waals surface area contributed by atoms with Crippen LogP contribution in [0.5, 0.6) is 0 Å². The number of thioether (sulfide) groups is 1. The number of aliphatic hydroxyl groups excluding tert-OH is 1. The van der Waals surface area contributed by atoms with E-state index in [2.05, 4.69) is 12.1 Å². The maximum atomic E-state index is 9.27. The van der Waals surface area contributed by atoms with Crippen molar-refractivity contribution in [3.05, 3.63) is 72.3 Å². The van der Waals surface area contributed by atoms with Gasteiger partial charge in [-0.05, 0) is 23.3 Å². The van der Waals surface area contributed by atoms with Crippen LogP contribution in [0, 0.1) is 0 Å². The Kier molecular flexibility index (Phi) is 5.87.